The van der Waals surface area contributed by atoms with Crippen molar-refractivity contribution in [1.29, 1.82) is 0 Å². The van der Waals surface area contributed by atoms with Crippen LogP contribution >= 0.6 is 11.3 Å². The van der Waals surface area contributed by atoms with Gasteiger partial charge in [-0.2, -0.15) is 0 Å². The normalized spacial score (nSPS) is 21.8. The summed E-state index contributed by atoms with van der Waals surface area (Å²) in [7, 11) is 1.34. The van der Waals surface area contributed by atoms with Gasteiger partial charge in [-0.1, -0.05) is 18.2 Å². The minimum atomic E-state index is -1.37. The molecular formula is C30H31FO10S. The van der Waals surface area contributed by atoms with Gasteiger partial charge in [-0.25, -0.2) is 4.39 Å². The largest absolute Gasteiger partial charge is 0.496 e. The molecule has 1 saturated heterocycles. The van der Waals surface area contributed by atoms with Crippen molar-refractivity contribution >= 4 is 45.3 Å². The zero-order chi connectivity index (χ0) is 30.6. The van der Waals surface area contributed by atoms with Gasteiger partial charge in [-0.05, 0) is 29.1 Å². The molecule has 3 unspecified atom stereocenters. The Labute approximate surface area is 245 Å². The highest BCUT2D eigenvalue weighted by molar-refractivity contribution is 7.19. The summed E-state index contributed by atoms with van der Waals surface area (Å²) >= 11 is 1.53. The quantitative estimate of drug-likeness (QED) is 0.257. The van der Waals surface area contributed by atoms with Crippen LogP contribution in [0.2, 0.25) is 0 Å². The lowest BCUT2D eigenvalue weighted by Gasteiger charge is -2.44. The third-order valence-electron chi connectivity index (χ3n) is 6.54. The Morgan fingerprint density at radius 2 is 1.50 bits per heavy atom. The molecule has 0 bridgehead atoms. The van der Waals surface area contributed by atoms with Crippen LogP contribution in [0.4, 0.5) is 4.39 Å². The van der Waals surface area contributed by atoms with Crippen molar-refractivity contribution in [3.63, 3.8) is 0 Å². The van der Waals surface area contributed by atoms with Crippen molar-refractivity contribution in [1.82, 2.24) is 0 Å². The Bertz CT molecular complexity index is 1450. The average molecular weight is 603 g/mol. The summed E-state index contributed by atoms with van der Waals surface area (Å²) in [5.41, 5.74) is 0.595. The lowest BCUT2D eigenvalue weighted by atomic mass is 9.89. The maximum absolute atomic E-state index is 15.4. The van der Waals surface area contributed by atoms with Gasteiger partial charge in [0.25, 0.3) is 0 Å². The molecule has 12 heteroatoms. The fourth-order valence-electron chi connectivity index (χ4n) is 4.94. The Morgan fingerprint density at radius 3 is 2.12 bits per heavy atom. The van der Waals surface area contributed by atoms with E-state index in [4.69, 9.17) is 28.4 Å². The van der Waals surface area contributed by atoms with Gasteiger partial charge in [-0.3, -0.25) is 19.2 Å². The van der Waals surface area contributed by atoms with Crippen LogP contribution in [0.15, 0.2) is 42.5 Å². The molecule has 10 nitrogen and oxygen atoms in total. The van der Waals surface area contributed by atoms with Crippen molar-refractivity contribution in [3.8, 4) is 5.75 Å². The van der Waals surface area contributed by atoms with Gasteiger partial charge < -0.3 is 28.4 Å². The van der Waals surface area contributed by atoms with Gasteiger partial charge in [0.15, 0.2) is 18.3 Å². The van der Waals surface area contributed by atoms with Gasteiger partial charge in [0, 0.05) is 55.3 Å². The third kappa shape index (κ3) is 7.24. The minimum absolute atomic E-state index is 0.0773. The highest BCUT2D eigenvalue weighted by Gasteiger charge is 2.53. The predicted molar refractivity (Wildman–Crippen MR) is 148 cm³/mol. The zero-order valence-electron chi connectivity index (χ0n) is 23.7. The van der Waals surface area contributed by atoms with Crippen LogP contribution < -0.4 is 4.74 Å². The van der Waals surface area contributed by atoms with Crippen molar-refractivity contribution in [3.05, 3.63) is 64.3 Å². The minimum Gasteiger partial charge on any atom is -0.496 e. The molecule has 4 rings (SSSR count). The molecule has 0 spiro atoms. The van der Waals surface area contributed by atoms with E-state index < -0.39 is 60.2 Å². The van der Waals surface area contributed by atoms with E-state index in [1.807, 2.05) is 30.3 Å². The summed E-state index contributed by atoms with van der Waals surface area (Å²) in [5, 5.41) is 1.03. The monoisotopic (exact) mass is 602 g/mol. The first kappa shape index (κ1) is 30.9. The van der Waals surface area contributed by atoms with Crippen molar-refractivity contribution in [2.45, 2.75) is 64.6 Å². The molecular weight excluding hydrogens is 571 g/mol. The van der Waals surface area contributed by atoms with Gasteiger partial charge in [0.2, 0.25) is 0 Å². The summed E-state index contributed by atoms with van der Waals surface area (Å²) in [4.78, 5) is 49.0. The van der Waals surface area contributed by atoms with Gasteiger partial charge in [0.1, 0.15) is 30.4 Å². The number of thiophene rings is 1. The van der Waals surface area contributed by atoms with E-state index in [-0.39, 0.29) is 24.3 Å². The molecule has 1 aromatic heterocycles. The number of esters is 4. The number of halogens is 1. The molecule has 2 heterocycles. The molecule has 0 aliphatic carbocycles. The van der Waals surface area contributed by atoms with Crippen LogP contribution in [0.5, 0.6) is 5.75 Å². The Morgan fingerprint density at radius 1 is 0.857 bits per heavy atom. The molecule has 2 aromatic carbocycles. The molecule has 224 valence electrons. The maximum atomic E-state index is 15.4. The number of carbonyl (C=O) groups is 4. The number of hydrogen-bond donors (Lipinski definition) is 0. The van der Waals surface area contributed by atoms with Crippen molar-refractivity contribution < 1.29 is 52.0 Å². The number of hydrogen-bond acceptors (Lipinski definition) is 11. The van der Waals surface area contributed by atoms with Crippen LogP contribution in [-0.2, 0) is 49.3 Å². The summed E-state index contributed by atoms with van der Waals surface area (Å²) in [5.74, 6) is -3.31. The number of carbonyl (C=O) groups excluding carboxylic acids is 4. The first-order chi connectivity index (χ1) is 20.0. The molecule has 42 heavy (non-hydrogen) atoms. The van der Waals surface area contributed by atoms with Crippen LogP contribution in [0.1, 0.15) is 49.8 Å². The molecule has 5 atom stereocenters. The first-order valence-corrected chi connectivity index (χ1v) is 13.9. The van der Waals surface area contributed by atoms with Crippen molar-refractivity contribution in [2.24, 2.45) is 0 Å². The molecule has 1 fully saturated rings. The SMILES string of the molecule is COc1cc(F)c(Cc2cc3ccccc3s2)cc1C1OC(COC(C)=O)[C@@H](OC(C)=O)C(OC(C)=O)[C@H]1OC(C)=O. The Balaban J connectivity index is 1.82. The lowest BCUT2D eigenvalue weighted by molar-refractivity contribution is -0.254. The lowest BCUT2D eigenvalue weighted by Crippen LogP contribution is -2.59. The molecule has 0 saturated carbocycles. The third-order valence-corrected chi connectivity index (χ3v) is 7.65. The molecule has 0 amide bonds. The van der Waals surface area contributed by atoms with E-state index in [1.165, 1.54) is 31.4 Å². The average Bonchev–Trinajstić information content (AvgIpc) is 3.32. The van der Waals surface area contributed by atoms with Crippen LogP contribution in [0.3, 0.4) is 0 Å². The van der Waals surface area contributed by atoms with E-state index in [0.29, 0.717) is 5.56 Å². The number of ether oxygens (including phenoxy) is 6. The van der Waals surface area contributed by atoms with E-state index in [0.717, 1.165) is 35.7 Å². The highest BCUT2D eigenvalue weighted by Crippen LogP contribution is 2.42. The van der Waals surface area contributed by atoms with Crippen LogP contribution in [0.25, 0.3) is 10.1 Å². The second-order valence-corrected chi connectivity index (χ2v) is 10.9. The Hall–Kier alpha value is -4.03. The summed E-state index contributed by atoms with van der Waals surface area (Å²) in [6.07, 6.45) is -6.14. The van der Waals surface area contributed by atoms with Crippen LogP contribution in [0, 0.1) is 5.82 Å². The van der Waals surface area contributed by atoms with E-state index >= 15 is 4.39 Å². The van der Waals surface area contributed by atoms with E-state index in [1.54, 1.807) is 6.07 Å². The fraction of sp³-hybridized carbons (Fsp3) is 0.400. The van der Waals surface area contributed by atoms with E-state index in [9.17, 15) is 19.2 Å². The van der Waals surface area contributed by atoms with Gasteiger partial charge in [-0.15, -0.1) is 11.3 Å². The second-order valence-electron chi connectivity index (χ2n) is 9.73. The van der Waals surface area contributed by atoms with Gasteiger partial charge in [0.05, 0.1) is 7.11 Å². The predicted octanol–water partition coefficient (Wildman–Crippen LogP) is 4.44. The van der Waals surface area contributed by atoms with E-state index in [2.05, 4.69) is 0 Å². The fourth-order valence-corrected chi connectivity index (χ4v) is 6.03. The summed E-state index contributed by atoms with van der Waals surface area (Å²) in [6, 6.07) is 12.5. The summed E-state index contributed by atoms with van der Waals surface area (Å²) in [6.45, 7) is 4.25. The summed E-state index contributed by atoms with van der Waals surface area (Å²) < 4.78 is 49.9. The van der Waals surface area contributed by atoms with Crippen LogP contribution in [-0.4, -0.2) is 62.0 Å². The standard InChI is InChI=1S/C30H31FO10S/c1-15(32)37-14-25-28(38-16(2)33)30(40-18(4)35)29(39-17(3)34)27(41-25)22-12-20(23(31)13-24(22)36-5)11-21-10-19-8-6-7-9-26(19)42-21/h6-10,12-13,25,27-30H,11,14H2,1-5H3/t25?,27?,28-,29+,30?/m1/s1. The topological polar surface area (TPSA) is 124 Å². The molecule has 1 aliphatic rings. The smallest absolute Gasteiger partial charge is 0.303 e. The van der Waals surface area contributed by atoms with Gasteiger partial charge >= 0.3 is 23.9 Å². The zero-order valence-corrected chi connectivity index (χ0v) is 24.5. The Kier molecular flexibility index (Phi) is 9.79. The number of rotatable bonds is 9. The molecule has 0 radical (unpaired) electrons. The second kappa shape index (κ2) is 13.3. The molecule has 3 aromatic rings. The number of benzene rings is 2. The van der Waals surface area contributed by atoms with Crippen molar-refractivity contribution in [2.75, 3.05) is 13.7 Å². The highest BCUT2D eigenvalue weighted by atomic mass is 32.1. The maximum Gasteiger partial charge on any atom is 0.303 e. The molecule has 1 aliphatic heterocycles. The number of fused-ring (bicyclic) bond motifs is 1. The first-order valence-electron chi connectivity index (χ1n) is 13.1. The molecule has 0 N–H and O–H groups in total. The number of methoxy groups -OCH3 is 1.